The van der Waals surface area contributed by atoms with Crippen molar-refractivity contribution in [1.82, 2.24) is 5.32 Å². The van der Waals surface area contributed by atoms with E-state index in [4.69, 9.17) is 11.7 Å². The normalized spacial score (nSPS) is 9.59. The van der Waals surface area contributed by atoms with Crippen LogP contribution in [0, 0.1) is 29.5 Å². The molecular weight excluding hydrogens is 215 g/mol. The van der Waals surface area contributed by atoms with Gasteiger partial charge in [-0.25, -0.2) is 4.39 Å². The molecular formula is C14H15FN2. The van der Waals surface area contributed by atoms with Crippen LogP contribution in [-0.4, -0.2) is 6.54 Å². The maximum absolute atomic E-state index is 13.0. The number of terminal acetylenes is 1. The van der Waals surface area contributed by atoms with E-state index in [-0.39, 0.29) is 5.82 Å². The van der Waals surface area contributed by atoms with E-state index in [1.807, 2.05) is 0 Å². The summed E-state index contributed by atoms with van der Waals surface area (Å²) in [6.45, 7) is 1.33. The third kappa shape index (κ3) is 4.68. The zero-order valence-electron chi connectivity index (χ0n) is 9.67. The van der Waals surface area contributed by atoms with E-state index in [1.165, 1.54) is 18.2 Å². The Labute approximate surface area is 101 Å². The number of rotatable bonds is 6. The Balaban J connectivity index is 2.39. The number of nitrogens with one attached hydrogen (secondary N) is 1. The highest BCUT2D eigenvalue weighted by molar-refractivity contribution is 5.37. The van der Waals surface area contributed by atoms with Crippen LogP contribution in [0.1, 0.15) is 30.4 Å². The summed E-state index contributed by atoms with van der Waals surface area (Å²) in [6, 6.07) is 6.25. The second-order valence-corrected chi connectivity index (χ2v) is 3.75. The molecule has 0 heterocycles. The van der Waals surface area contributed by atoms with Gasteiger partial charge in [0.2, 0.25) is 0 Å². The number of hydrogen-bond acceptors (Lipinski definition) is 2. The highest BCUT2D eigenvalue weighted by Crippen LogP contribution is 2.10. The molecule has 0 aliphatic carbocycles. The first-order valence-electron chi connectivity index (χ1n) is 5.60. The topological polar surface area (TPSA) is 35.8 Å². The van der Waals surface area contributed by atoms with Gasteiger partial charge in [0.25, 0.3) is 0 Å². The van der Waals surface area contributed by atoms with Crippen LogP contribution in [0.4, 0.5) is 4.39 Å². The summed E-state index contributed by atoms with van der Waals surface area (Å²) in [6.07, 6.45) is 7.89. The minimum atomic E-state index is -0.312. The molecule has 0 bridgehead atoms. The van der Waals surface area contributed by atoms with Crippen molar-refractivity contribution >= 4 is 0 Å². The first kappa shape index (κ1) is 13.2. The predicted molar refractivity (Wildman–Crippen MR) is 65.5 cm³/mol. The molecule has 88 valence electrons. The average Bonchev–Trinajstić information content (AvgIpc) is 2.34. The fraction of sp³-hybridized carbons (Fsp3) is 0.357. The summed E-state index contributed by atoms with van der Waals surface area (Å²) in [7, 11) is 0. The summed E-state index contributed by atoms with van der Waals surface area (Å²) in [5.41, 5.74) is 1.21. The van der Waals surface area contributed by atoms with Crippen molar-refractivity contribution < 1.29 is 4.39 Å². The second kappa shape index (κ2) is 7.44. The van der Waals surface area contributed by atoms with E-state index in [1.54, 1.807) is 0 Å². The molecule has 0 unspecified atom stereocenters. The lowest BCUT2D eigenvalue weighted by Crippen LogP contribution is -2.15. The number of halogens is 1. The van der Waals surface area contributed by atoms with Crippen LogP contribution in [-0.2, 0) is 6.54 Å². The number of nitriles is 1. The van der Waals surface area contributed by atoms with Crippen molar-refractivity contribution in [3.63, 3.8) is 0 Å². The van der Waals surface area contributed by atoms with E-state index < -0.39 is 0 Å². The Morgan fingerprint density at radius 2 is 2.18 bits per heavy atom. The molecule has 0 radical (unpaired) electrons. The Morgan fingerprint density at radius 1 is 1.35 bits per heavy atom. The van der Waals surface area contributed by atoms with Crippen molar-refractivity contribution in [2.75, 3.05) is 6.54 Å². The van der Waals surface area contributed by atoms with E-state index in [9.17, 15) is 4.39 Å². The highest BCUT2D eigenvalue weighted by Gasteiger charge is 2.02. The lowest BCUT2D eigenvalue weighted by molar-refractivity contribution is 0.610. The van der Waals surface area contributed by atoms with Gasteiger partial charge in [-0.15, -0.1) is 12.3 Å². The van der Waals surface area contributed by atoms with Crippen LogP contribution in [0.2, 0.25) is 0 Å². The van der Waals surface area contributed by atoms with Crippen LogP contribution in [0.25, 0.3) is 0 Å². The molecule has 17 heavy (non-hydrogen) atoms. The van der Waals surface area contributed by atoms with E-state index in [0.29, 0.717) is 17.7 Å². The quantitative estimate of drug-likeness (QED) is 0.602. The number of nitrogens with zero attached hydrogens (tertiary/aromatic N) is 1. The standard InChI is InChI=1S/C14H15FN2/c1-2-3-4-5-8-17-11-13-9-14(15)7-6-12(13)10-16/h1,6-7,9,17H,3-5,8,11H2. The van der Waals surface area contributed by atoms with Crippen molar-refractivity contribution in [2.24, 2.45) is 0 Å². The smallest absolute Gasteiger partial charge is 0.123 e. The molecule has 1 rings (SSSR count). The molecule has 0 aromatic heterocycles. The zero-order valence-corrected chi connectivity index (χ0v) is 9.67. The summed E-state index contributed by atoms with van der Waals surface area (Å²) >= 11 is 0. The van der Waals surface area contributed by atoms with Crippen LogP contribution in [0.5, 0.6) is 0 Å². The van der Waals surface area contributed by atoms with Crippen LogP contribution in [0.15, 0.2) is 18.2 Å². The molecule has 1 aromatic carbocycles. The summed E-state index contributed by atoms with van der Waals surface area (Å²) < 4.78 is 13.0. The van der Waals surface area contributed by atoms with Crippen molar-refractivity contribution in [1.29, 1.82) is 5.26 Å². The lowest BCUT2D eigenvalue weighted by Gasteiger charge is -2.06. The van der Waals surface area contributed by atoms with E-state index >= 15 is 0 Å². The minimum absolute atomic E-state index is 0.312. The van der Waals surface area contributed by atoms with Crippen molar-refractivity contribution in [3.8, 4) is 18.4 Å². The molecule has 0 atom stereocenters. The summed E-state index contributed by atoms with van der Waals surface area (Å²) in [5.74, 6) is 2.27. The van der Waals surface area contributed by atoms with Gasteiger partial charge in [-0.3, -0.25) is 0 Å². The van der Waals surface area contributed by atoms with Crippen LogP contribution in [0.3, 0.4) is 0 Å². The van der Waals surface area contributed by atoms with Gasteiger partial charge >= 0.3 is 0 Å². The van der Waals surface area contributed by atoms with Gasteiger partial charge in [-0.05, 0) is 43.1 Å². The maximum atomic E-state index is 13.0. The maximum Gasteiger partial charge on any atom is 0.123 e. The molecule has 2 nitrogen and oxygen atoms in total. The van der Waals surface area contributed by atoms with Gasteiger partial charge in [-0.2, -0.15) is 5.26 Å². The molecule has 1 N–H and O–H groups in total. The Bertz CT molecular complexity index is 441. The average molecular weight is 230 g/mol. The zero-order chi connectivity index (χ0) is 12.5. The number of hydrogen-bond donors (Lipinski definition) is 1. The van der Waals surface area contributed by atoms with Gasteiger partial charge in [0.05, 0.1) is 11.6 Å². The molecule has 0 spiro atoms. The minimum Gasteiger partial charge on any atom is -0.313 e. The number of benzene rings is 1. The van der Waals surface area contributed by atoms with Crippen LogP contribution >= 0.6 is 0 Å². The fourth-order valence-corrected chi connectivity index (χ4v) is 1.52. The predicted octanol–water partition coefficient (Wildman–Crippen LogP) is 2.59. The van der Waals surface area contributed by atoms with Gasteiger partial charge < -0.3 is 5.32 Å². The Hall–Kier alpha value is -1.84. The largest absolute Gasteiger partial charge is 0.313 e. The van der Waals surface area contributed by atoms with Gasteiger partial charge in [0, 0.05) is 13.0 Å². The second-order valence-electron chi connectivity index (χ2n) is 3.75. The first-order valence-corrected chi connectivity index (χ1v) is 5.60. The van der Waals surface area contributed by atoms with Gasteiger partial charge in [0.1, 0.15) is 5.82 Å². The Morgan fingerprint density at radius 3 is 2.88 bits per heavy atom. The van der Waals surface area contributed by atoms with Crippen molar-refractivity contribution in [2.45, 2.75) is 25.8 Å². The molecule has 0 fully saturated rings. The third-order valence-corrected chi connectivity index (χ3v) is 2.43. The van der Waals surface area contributed by atoms with Crippen LogP contribution < -0.4 is 5.32 Å². The Kier molecular flexibility index (Phi) is 5.79. The SMILES string of the molecule is C#CCCCCNCc1cc(F)ccc1C#N. The summed E-state index contributed by atoms with van der Waals surface area (Å²) in [4.78, 5) is 0. The molecule has 0 aliphatic heterocycles. The van der Waals surface area contributed by atoms with Gasteiger partial charge in [-0.1, -0.05) is 0 Å². The molecule has 0 saturated heterocycles. The molecule has 0 aliphatic rings. The highest BCUT2D eigenvalue weighted by atomic mass is 19.1. The first-order chi connectivity index (χ1) is 8.27. The van der Waals surface area contributed by atoms with E-state index in [0.717, 1.165) is 25.8 Å². The summed E-state index contributed by atoms with van der Waals surface area (Å²) in [5, 5.41) is 12.0. The third-order valence-electron chi connectivity index (χ3n) is 2.43. The molecule has 0 saturated carbocycles. The monoisotopic (exact) mass is 230 g/mol. The molecule has 1 aromatic rings. The van der Waals surface area contributed by atoms with Gasteiger partial charge in [0.15, 0.2) is 0 Å². The van der Waals surface area contributed by atoms with E-state index in [2.05, 4.69) is 17.3 Å². The molecule has 0 amide bonds. The van der Waals surface area contributed by atoms with Crippen molar-refractivity contribution in [3.05, 3.63) is 35.1 Å². The fourth-order valence-electron chi connectivity index (χ4n) is 1.52. The number of unbranched alkanes of at least 4 members (excludes halogenated alkanes) is 2. The lowest BCUT2D eigenvalue weighted by atomic mass is 10.1. The molecule has 3 heteroatoms.